The standard InChI is InChI=1S/C14H18N4O4S/c1-11-16-14(22-17-11)10-15-12-3-2-4-13(9-12)23(19,20)18-5-7-21-8-6-18/h2-4,9,15H,5-8,10H2,1H3. The van der Waals surface area contributed by atoms with E-state index < -0.39 is 10.0 Å². The number of sulfonamides is 1. The lowest BCUT2D eigenvalue weighted by Gasteiger charge is -2.26. The van der Waals surface area contributed by atoms with Crippen LogP contribution in [0.4, 0.5) is 5.69 Å². The van der Waals surface area contributed by atoms with Gasteiger partial charge in [-0.25, -0.2) is 8.42 Å². The highest BCUT2D eigenvalue weighted by Crippen LogP contribution is 2.20. The maximum atomic E-state index is 12.6. The van der Waals surface area contributed by atoms with E-state index in [1.54, 1.807) is 31.2 Å². The Bertz CT molecular complexity index is 769. The van der Waals surface area contributed by atoms with Crippen LogP contribution in [0, 0.1) is 6.92 Å². The van der Waals surface area contributed by atoms with Gasteiger partial charge >= 0.3 is 0 Å². The van der Waals surface area contributed by atoms with E-state index in [0.717, 1.165) is 0 Å². The van der Waals surface area contributed by atoms with Crippen molar-refractivity contribution in [2.45, 2.75) is 18.4 Å². The topological polar surface area (TPSA) is 97.6 Å². The first-order valence-corrected chi connectivity index (χ1v) is 8.71. The molecule has 1 saturated heterocycles. The largest absolute Gasteiger partial charge is 0.379 e. The second-order valence-electron chi connectivity index (χ2n) is 5.13. The van der Waals surface area contributed by atoms with Crippen LogP contribution in [0.1, 0.15) is 11.7 Å². The zero-order valence-electron chi connectivity index (χ0n) is 12.7. The van der Waals surface area contributed by atoms with E-state index >= 15 is 0 Å². The smallest absolute Gasteiger partial charge is 0.245 e. The van der Waals surface area contributed by atoms with Crippen LogP contribution < -0.4 is 5.32 Å². The van der Waals surface area contributed by atoms with Gasteiger partial charge in [-0.1, -0.05) is 11.2 Å². The van der Waals surface area contributed by atoms with Gasteiger partial charge in [0.2, 0.25) is 15.9 Å². The highest BCUT2D eigenvalue weighted by Gasteiger charge is 2.26. The molecule has 23 heavy (non-hydrogen) atoms. The van der Waals surface area contributed by atoms with E-state index in [-0.39, 0.29) is 4.90 Å². The molecule has 124 valence electrons. The van der Waals surface area contributed by atoms with Crippen LogP contribution in [-0.4, -0.2) is 49.2 Å². The van der Waals surface area contributed by atoms with Crippen molar-refractivity contribution in [3.63, 3.8) is 0 Å². The van der Waals surface area contributed by atoms with Gasteiger partial charge in [-0.2, -0.15) is 9.29 Å². The average molecular weight is 338 g/mol. The third-order valence-corrected chi connectivity index (χ3v) is 5.35. The Kier molecular flexibility index (Phi) is 4.60. The Morgan fingerprint density at radius 3 is 2.78 bits per heavy atom. The minimum Gasteiger partial charge on any atom is -0.379 e. The summed E-state index contributed by atoms with van der Waals surface area (Å²) in [6.45, 7) is 3.67. The Morgan fingerprint density at radius 2 is 2.09 bits per heavy atom. The average Bonchev–Trinajstić information content (AvgIpc) is 2.99. The van der Waals surface area contributed by atoms with Gasteiger partial charge in [0.05, 0.1) is 24.7 Å². The van der Waals surface area contributed by atoms with E-state index in [2.05, 4.69) is 15.5 Å². The molecule has 2 aromatic rings. The number of nitrogens with zero attached hydrogens (tertiary/aromatic N) is 3. The van der Waals surface area contributed by atoms with Gasteiger partial charge in [-0.05, 0) is 25.1 Å². The number of rotatable bonds is 5. The molecule has 0 atom stereocenters. The molecule has 3 rings (SSSR count). The maximum Gasteiger partial charge on any atom is 0.245 e. The summed E-state index contributed by atoms with van der Waals surface area (Å²) >= 11 is 0. The molecular formula is C14H18N4O4S. The molecule has 1 aromatic heterocycles. The van der Waals surface area contributed by atoms with E-state index in [9.17, 15) is 8.42 Å². The summed E-state index contributed by atoms with van der Waals surface area (Å²) in [5.41, 5.74) is 0.676. The molecule has 0 bridgehead atoms. The van der Waals surface area contributed by atoms with Crippen LogP contribution in [0.3, 0.4) is 0 Å². The van der Waals surface area contributed by atoms with Crippen LogP contribution in [0.15, 0.2) is 33.7 Å². The first-order chi connectivity index (χ1) is 11.1. The summed E-state index contributed by atoms with van der Waals surface area (Å²) in [5.74, 6) is 1.01. The molecule has 9 heteroatoms. The molecule has 8 nitrogen and oxygen atoms in total. The van der Waals surface area contributed by atoms with Gasteiger partial charge in [0.15, 0.2) is 5.82 Å². The number of aromatic nitrogens is 2. The lowest BCUT2D eigenvalue weighted by molar-refractivity contribution is 0.0730. The van der Waals surface area contributed by atoms with Crippen LogP contribution in [0.2, 0.25) is 0 Å². The Morgan fingerprint density at radius 1 is 1.30 bits per heavy atom. The molecule has 1 N–H and O–H groups in total. The van der Waals surface area contributed by atoms with E-state index in [4.69, 9.17) is 9.26 Å². The first-order valence-electron chi connectivity index (χ1n) is 7.27. The number of hydrogen-bond donors (Lipinski definition) is 1. The quantitative estimate of drug-likeness (QED) is 0.869. The number of anilines is 1. The SMILES string of the molecule is Cc1noc(CNc2cccc(S(=O)(=O)N3CCOCC3)c2)n1. The number of aryl methyl sites for hydroxylation is 1. The molecule has 1 fully saturated rings. The zero-order valence-corrected chi connectivity index (χ0v) is 13.5. The van der Waals surface area contributed by atoms with Crippen molar-refractivity contribution < 1.29 is 17.7 Å². The molecule has 2 heterocycles. The predicted octanol–water partition coefficient (Wildman–Crippen LogP) is 1.01. The zero-order chi connectivity index (χ0) is 16.3. The minimum absolute atomic E-state index is 0.256. The second-order valence-corrected chi connectivity index (χ2v) is 7.07. The molecule has 1 aliphatic rings. The molecular weight excluding hydrogens is 320 g/mol. The van der Waals surface area contributed by atoms with Gasteiger partial charge < -0.3 is 14.6 Å². The monoisotopic (exact) mass is 338 g/mol. The molecule has 0 radical (unpaired) electrons. The van der Waals surface area contributed by atoms with Crippen LogP contribution in [-0.2, 0) is 21.3 Å². The Labute approximate surface area is 134 Å². The van der Waals surface area contributed by atoms with Crippen LogP contribution >= 0.6 is 0 Å². The van der Waals surface area contributed by atoms with Crippen molar-refractivity contribution in [1.29, 1.82) is 0 Å². The first kappa shape index (κ1) is 15.9. The van der Waals surface area contributed by atoms with Gasteiger partial charge in [0.25, 0.3) is 0 Å². The summed E-state index contributed by atoms with van der Waals surface area (Å²) in [4.78, 5) is 4.35. The number of morpholine rings is 1. The summed E-state index contributed by atoms with van der Waals surface area (Å²) < 4.78 is 36.9. The van der Waals surface area contributed by atoms with Gasteiger partial charge in [0, 0.05) is 18.8 Å². The minimum atomic E-state index is -3.50. The van der Waals surface area contributed by atoms with Crippen LogP contribution in [0.5, 0.6) is 0 Å². The number of nitrogens with one attached hydrogen (secondary N) is 1. The number of hydrogen-bond acceptors (Lipinski definition) is 7. The van der Waals surface area contributed by atoms with E-state index in [1.807, 2.05) is 0 Å². The summed E-state index contributed by atoms with van der Waals surface area (Å²) in [6.07, 6.45) is 0. The molecule has 0 unspecified atom stereocenters. The molecule has 0 spiro atoms. The molecule has 0 saturated carbocycles. The Hall–Kier alpha value is -1.97. The van der Waals surface area contributed by atoms with Crippen LogP contribution in [0.25, 0.3) is 0 Å². The van der Waals surface area contributed by atoms with Crippen molar-refractivity contribution >= 4 is 15.7 Å². The van der Waals surface area contributed by atoms with Crippen molar-refractivity contribution in [1.82, 2.24) is 14.4 Å². The fraction of sp³-hybridized carbons (Fsp3) is 0.429. The molecule has 0 aliphatic carbocycles. The predicted molar refractivity (Wildman–Crippen MR) is 82.4 cm³/mol. The fourth-order valence-corrected chi connectivity index (χ4v) is 3.75. The molecule has 0 amide bonds. The lowest BCUT2D eigenvalue weighted by Crippen LogP contribution is -2.40. The molecule has 1 aromatic carbocycles. The Balaban J connectivity index is 1.73. The van der Waals surface area contributed by atoms with E-state index in [0.29, 0.717) is 50.3 Å². The third-order valence-electron chi connectivity index (χ3n) is 3.46. The second kappa shape index (κ2) is 6.65. The highest BCUT2D eigenvalue weighted by atomic mass is 32.2. The number of ether oxygens (including phenoxy) is 1. The van der Waals surface area contributed by atoms with Gasteiger partial charge in [-0.15, -0.1) is 0 Å². The van der Waals surface area contributed by atoms with Gasteiger partial charge in [-0.3, -0.25) is 0 Å². The normalized spacial score (nSPS) is 16.4. The molecule has 1 aliphatic heterocycles. The van der Waals surface area contributed by atoms with Crippen molar-refractivity contribution in [2.24, 2.45) is 0 Å². The van der Waals surface area contributed by atoms with Gasteiger partial charge in [0.1, 0.15) is 0 Å². The summed E-state index contributed by atoms with van der Waals surface area (Å²) in [7, 11) is -3.50. The van der Waals surface area contributed by atoms with Crippen molar-refractivity contribution in [2.75, 3.05) is 31.6 Å². The van der Waals surface area contributed by atoms with Crippen molar-refractivity contribution in [3.05, 3.63) is 36.0 Å². The van der Waals surface area contributed by atoms with Crippen molar-refractivity contribution in [3.8, 4) is 0 Å². The summed E-state index contributed by atoms with van der Waals surface area (Å²) in [6, 6.07) is 6.69. The number of benzene rings is 1. The van der Waals surface area contributed by atoms with E-state index in [1.165, 1.54) is 4.31 Å². The third kappa shape index (κ3) is 3.69. The maximum absolute atomic E-state index is 12.6. The fourth-order valence-electron chi connectivity index (χ4n) is 2.29. The lowest BCUT2D eigenvalue weighted by atomic mass is 10.3. The summed E-state index contributed by atoms with van der Waals surface area (Å²) in [5, 5.41) is 6.79. The highest BCUT2D eigenvalue weighted by molar-refractivity contribution is 7.89.